The molecule has 0 radical (unpaired) electrons. The van der Waals surface area contributed by atoms with Crippen LogP contribution in [0.1, 0.15) is 58.3 Å². The van der Waals surface area contributed by atoms with Crippen molar-refractivity contribution >= 4 is 29.1 Å². The molecule has 2 aliphatic heterocycles. The van der Waals surface area contributed by atoms with Crippen LogP contribution in [0.25, 0.3) is 0 Å². The molecular weight excluding hydrogens is 467 g/mol. The number of nitrogens with zero attached hydrogens (tertiary/aromatic N) is 1. The van der Waals surface area contributed by atoms with Gasteiger partial charge in [0.1, 0.15) is 0 Å². The first-order valence-corrected chi connectivity index (χ1v) is 12.6. The minimum Gasteiger partial charge on any atom is -0.385 e. The van der Waals surface area contributed by atoms with E-state index in [0.29, 0.717) is 22.9 Å². The molecule has 1 amide bonds. The molecule has 2 N–H and O–H groups in total. The van der Waals surface area contributed by atoms with Gasteiger partial charge in [-0.1, -0.05) is 77.8 Å². The van der Waals surface area contributed by atoms with Crippen molar-refractivity contribution < 1.29 is 9.90 Å². The molecule has 0 aliphatic carbocycles. The highest BCUT2D eigenvalue weighted by Gasteiger charge is 2.37. The van der Waals surface area contributed by atoms with E-state index in [1.807, 2.05) is 72.8 Å². The molecule has 3 aromatic carbocycles. The number of benzene rings is 3. The van der Waals surface area contributed by atoms with Crippen molar-refractivity contribution in [1.82, 2.24) is 10.2 Å². The summed E-state index contributed by atoms with van der Waals surface area (Å²) in [6.45, 7) is 2.52. The lowest BCUT2D eigenvalue weighted by Gasteiger charge is -2.39. The van der Waals surface area contributed by atoms with Gasteiger partial charge >= 0.3 is 0 Å². The van der Waals surface area contributed by atoms with Crippen LogP contribution in [0.4, 0.5) is 0 Å². The smallest absolute Gasteiger partial charge is 0.252 e. The maximum Gasteiger partial charge on any atom is 0.252 e. The number of piperidine rings is 1. The number of hydrogen-bond donors (Lipinski definition) is 2. The SMILES string of the molecule is O=C1NC(C(CCN2CCC(O)(c3ccccc3)CC2)c2ccc(Cl)c(Cl)c2)c2ccccc21. The number of nitrogens with one attached hydrogen (secondary N) is 1. The molecule has 0 saturated carbocycles. The van der Waals surface area contributed by atoms with Gasteiger partial charge in [-0.15, -0.1) is 0 Å². The minimum atomic E-state index is -0.765. The number of aliphatic hydroxyl groups is 1. The summed E-state index contributed by atoms with van der Waals surface area (Å²) in [5, 5.41) is 15.4. The van der Waals surface area contributed by atoms with Gasteiger partial charge in [-0.05, 0) is 60.7 Å². The molecule has 0 aromatic heterocycles. The zero-order valence-electron chi connectivity index (χ0n) is 18.9. The summed E-state index contributed by atoms with van der Waals surface area (Å²) in [6, 6.07) is 23.4. The molecule has 1 saturated heterocycles. The third kappa shape index (κ3) is 4.60. The Bertz CT molecular complexity index is 1180. The quantitative estimate of drug-likeness (QED) is 0.446. The fourth-order valence-corrected chi connectivity index (χ4v) is 5.67. The van der Waals surface area contributed by atoms with Gasteiger partial charge in [0.05, 0.1) is 21.7 Å². The number of amides is 1. The van der Waals surface area contributed by atoms with E-state index in [9.17, 15) is 9.90 Å². The van der Waals surface area contributed by atoms with Crippen molar-refractivity contribution in [2.75, 3.05) is 19.6 Å². The Balaban J connectivity index is 1.33. The second kappa shape index (κ2) is 9.71. The Hall–Kier alpha value is -2.37. The van der Waals surface area contributed by atoms with Gasteiger partial charge in [0.15, 0.2) is 0 Å². The van der Waals surface area contributed by atoms with Gasteiger partial charge < -0.3 is 15.3 Å². The number of halogens is 2. The summed E-state index contributed by atoms with van der Waals surface area (Å²) in [5.74, 6) is 0.0221. The van der Waals surface area contributed by atoms with E-state index in [2.05, 4.69) is 10.2 Å². The average molecular weight is 495 g/mol. The van der Waals surface area contributed by atoms with Crippen molar-refractivity contribution in [3.05, 3.63) is 105 Å². The molecule has 34 heavy (non-hydrogen) atoms. The summed E-state index contributed by atoms with van der Waals surface area (Å²) < 4.78 is 0. The zero-order chi connectivity index (χ0) is 23.7. The first-order chi connectivity index (χ1) is 16.4. The van der Waals surface area contributed by atoms with Crippen LogP contribution in [0, 0.1) is 0 Å². The Morgan fingerprint density at radius 2 is 1.68 bits per heavy atom. The van der Waals surface area contributed by atoms with Crippen molar-refractivity contribution in [3.63, 3.8) is 0 Å². The van der Waals surface area contributed by atoms with Crippen LogP contribution in [-0.2, 0) is 5.60 Å². The topological polar surface area (TPSA) is 52.6 Å². The summed E-state index contributed by atoms with van der Waals surface area (Å²) in [4.78, 5) is 15.1. The van der Waals surface area contributed by atoms with Gasteiger partial charge in [0.25, 0.3) is 5.91 Å². The average Bonchev–Trinajstić information content (AvgIpc) is 3.19. The zero-order valence-corrected chi connectivity index (χ0v) is 20.4. The van der Waals surface area contributed by atoms with Crippen LogP contribution in [0.3, 0.4) is 0 Å². The van der Waals surface area contributed by atoms with E-state index in [-0.39, 0.29) is 17.9 Å². The van der Waals surface area contributed by atoms with Crippen LogP contribution >= 0.6 is 23.2 Å². The third-order valence-electron chi connectivity index (χ3n) is 7.35. The molecule has 3 aromatic rings. The van der Waals surface area contributed by atoms with Gasteiger partial charge in [-0.3, -0.25) is 4.79 Å². The molecule has 1 fully saturated rings. The first kappa shape index (κ1) is 23.4. The number of carbonyl (C=O) groups is 1. The lowest BCUT2D eigenvalue weighted by Crippen LogP contribution is -2.43. The molecule has 2 unspecified atom stereocenters. The number of rotatable bonds is 6. The van der Waals surface area contributed by atoms with Gasteiger partial charge in [-0.25, -0.2) is 0 Å². The Labute approximate surface area is 210 Å². The fraction of sp³-hybridized carbons (Fsp3) is 0.321. The summed E-state index contributed by atoms with van der Waals surface area (Å²) in [5.41, 5.74) is 3.06. The molecule has 6 heteroatoms. The molecule has 4 nitrogen and oxygen atoms in total. The second-order valence-corrected chi connectivity index (χ2v) is 10.2. The lowest BCUT2D eigenvalue weighted by atomic mass is 9.83. The van der Waals surface area contributed by atoms with Crippen molar-refractivity contribution in [2.24, 2.45) is 0 Å². The summed E-state index contributed by atoms with van der Waals surface area (Å²) >= 11 is 12.6. The van der Waals surface area contributed by atoms with Gasteiger partial charge in [-0.2, -0.15) is 0 Å². The molecule has 176 valence electrons. The Morgan fingerprint density at radius 1 is 0.971 bits per heavy atom. The molecule has 2 aliphatic rings. The molecule has 2 atom stereocenters. The number of likely N-dealkylation sites (tertiary alicyclic amines) is 1. The highest BCUT2D eigenvalue weighted by Crippen LogP contribution is 2.41. The van der Waals surface area contributed by atoms with Crippen LogP contribution in [0.15, 0.2) is 72.8 Å². The summed E-state index contributed by atoms with van der Waals surface area (Å²) in [7, 11) is 0. The van der Waals surface area contributed by atoms with E-state index in [4.69, 9.17) is 23.2 Å². The first-order valence-electron chi connectivity index (χ1n) is 11.8. The van der Waals surface area contributed by atoms with Crippen molar-refractivity contribution in [3.8, 4) is 0 Å². The van der Waals surface area contributed by atoms with Crippen LogP contribution < -0.4 is 5.32 Å². The molecule has 0 spiro atoms. The van der Waals surface area contributed by atoms with E-state index < -0.39 is 5.60 Å². The number of fused-ring (bicyclic) bond motifs is 1. The van der Waals surface area contributed by atoms with Crippen molar-refractivity contribution in [2.45, 2.75) is 36.8 Å². The third-order valence-corrected chi connectivity index (χ3v) is 8.09. The van der Waals surface area contributed by atoms with E-state index in [1.54, 1.807) is 0 Å². The maximum absolute atomic E-state index is 12.6. The lowest BCUT2D eigenvalue weighted by molar-refractivity contribution is -0.0264. The second-order valence-electron chi connectivity index (χ2n) is 9.35. The Morgan fingerprint density at radius 3 is 2.41 bits per heavy atom. The minimum absolute atomic E-state index is 0.0310. The molecule has 0 bridgehead atoms. The predicted octanol–water partition coefficient (Wildman–Crippen LogP) is 5.94. The molecular formula is C28H28Cl2N2O2. The molecule has 5 rings (SSSR count). The highest BCUT2D eigenvalue weighted by molar-refractivity contribution is 6.42. The van der Waals surface area contributed by atoms with Crippen molar-refractivity contribution in [1.29, 1.82) is 0 Å². The van der Waals surface area contributed by atoms with E-state index in [1.165, 1.54) is 0 Å². The van der Waals surface area contributed by atoms with Crippen LogP contribution in [-0.4, -0.2) is 35.5 Å². The Kier molecular flexibility index (Phi) is 6.67. The predicted molar refractivity (Wildman–Crippen MR) is 136 cm³/mol. The standard InChI is InChI=1S/C28H28Cl2N2O2/c29-24-11-10-19(18-25(24)30)21(26-22-8-4-5-9-23(22)27(33)31-26)12-15-32-16-13-28(34,14-17-32)20-6-2-1-3-7-20/h1-11,18,21,26,34H,12-17H2,(H,31,33). The largest absolute Gasteiger partial charge is 0.385 e. The fourth-order valence-electron chi connectivity index (χ4n) is 5.36. The van der Waals surface area contributed by atoms with Gasteiger partial charge in [0.2, 0.25) is 0 Å². The van der Waals surface area contributed by atoms with Gasteiger partial charge in [0, 0.05) is 24.6 Å². The normalized spacial score (nSPS) is 20.6. The monoisotopic (exact) mass is 494 g/mol. The molecule has 2 heterocycles. The summed E-state index contributed by atoms with van der Waals surface area (Å²) in [6.07, 6.45) is 2.26. The van der Waals surface area contributed by atoms with E-state index >= 15 is 0 Å². The van der Waals surface area contributed by atoms with Crippen LogP contribution in [0.2, 0.25) is 10.0 Å². The van der Waals surface area contributed by atoms with Crippen LogP contribution in [0.5, 0.6) is 0 Å². The number of hydrogen-bond acceptors (Lipinski definition) is 3. The highest BCUT2D eigenvalue weighted by atomic mass is 35.5. The van der Waals surface area contributed by atoms with E-state index in [0.717, 1.165) is 48.3 Å². The number of carbonyl (C=O) groups excluding carboxylic acids is 1. The maximum atomic E-state index is 12.6.